The molecule has 1 aliphatic carbocycles. The Bertz CT molecular complexity index is 425. The lowest BCUT2D eigenvalue weighted by molar-refractivity contribution is -0.00631. The van der Waals surface area contributed by atoms with Crippen molar-refractivity contribution in [3.05, 3.63) is 34.3 Å². The Morgan fingerprint density at radius 3 is 2.68 bits per heavy atom. The van der Waals surface area contributed by atoms with Crippen molar-refractivity contribution in [2.45, 2.75) is 51.7 Å². The predicted octanol–water partition coefficient (Wildman–Crippen LogP) is 3.68. The highest BCUT2D eigenvalue weighted by Crippen LogP contribution is 2.31. The maximum absolute atomic E-state index is 10.5. The quantitative estimate of drug-likeness (QED) is 0.882. The average Bonchev–Trinajstić information content (AvgIpc) is 2.36. The molecular weight excluding hydrogens is 258 g/mol. The van der Waals surface area contributed by atoms with Gasteiger partial charge in [0.15, 0.2) is 0 Å². The van der Waals surface area contributed by atoms with Gasteiger partial charge in [-0.15, -0.1) is 0 Å². The molecule has 0 bridgehead atoms. The Morgan fingerprint density at radius 2 is 2.05 bits per heavy atom. The lowest BCUT2D eigenvalue weighted by Gasteiger charge is -2.35. The van der Waals surface area contributed by atoms with E-state index in [9.17, 15) is 5.11 Å². The molecule has 1 fully saturated rings. The van der Waals surface area contributed by atoms with Gasteiger partial charge in [0.2, 0.25) is 0 Å². The Hall–Kier alpha value is -0.570. The van der Waals surface area contributed by atoms with Gasteiger partial charge in [-0.25, -0.2) is 0 Å². The molecule has 0 radical (unpaired) electrons. The third-order valence-corrected chi connectivity index (χ3v) is 4.51. The number of aryl methyl sites for hydroxylation is 1. The minimum atomic E-state index is -0.507. The van der Waals surface area contributed by atoms with Crippen molar-refractivity contribution in [1.82, 2.24) is 5.32 Å². The van der Waals surface area contributed by atoms with E-state index < -0.39 is 5.60 Å². The molecule has 1 aromatic carbocycles. The second-order valence-corrected chi connectivity index (χ2v) is 6.52. The topological polar surface area (TPSA) is 32.3 Å². The van der Waals surface area contributed by atoms with E-state index in [0.29, 0.717) is 6.54 Å². The number of rotatable bonds is 4. The van der Waals surface area contributed by atoms with Crippen LogP contribution in [0.3, 0.4) is 0 Å². The zero-order valence-corrected chi connectivity index (χ0v) is 12.6. The van der Waals surface area contributed by atoms with Gasteiger partial charge >= 0.3 is 0 Å². The first kappa shape index (κ1) is 14.8. The first-order valence-electron chi connectivity index (χ1n) is 7.17. The van der Waals surface area contributed by atoms with E-state index in [1.807, 2.05) is 12.1 Å². The van der Waals surface area contributed by atoms with Crippen molar-refractivity contribution >= 4 is 11.6 Å². The fourth-order valence-electron chi connectivity index (χ4n) is 2.76. The Balaban J connectivity index is 1.83. The summed E-state index contributed by atoms with van der Waals surface area (Å²) in [6.45, 7) is 5.81. The van der Waals surface area contributed by atoms with Crippen LogP contribution >= 0.6 is 11.6 Å². The summed E-state index contributed by atoms with van der Waals surface area (Å²) in [7, 11) is 0. The highest BCUT2D eigenvalue weighted by molar-refractivity contribution is 6.30. The first-order valence-corrected chi connectivity index (χ1v) is 7.54. The highest BCUT2D eigenvalue weighted by atomic mass is 35.5. The third kappa shape index (κ3) is 4.20. The molecule has 0 unspecified atom stereocenters. The molecule has 2 N–H and O–H groups in total. The first-order chi connectivity index (χ1) is 8.98. The lowest BCUT2D eigenvalue weighted by Crippen LogP contribution is -2.43. The molecule has 3 heteroatoms. The summed E-state index contributed by atoms with van der Waals surface area (Å²) in [5.74, 6) is 0.763. The molecule has 0 aromatic heterocycles. The Morgan fingerprint density at radius 1 is 1.37 bits per heavy atom. The second-order valence-electron chi connectivity index (χ2n) is 6.08. The highest BCUT2D eigenvalue weighted by Gasteiger charge is 2.31. The maximum atomic E-state index is 10.5. The van der Waals surface area contributed by atoms with Crippen LogP contribution in [0.25, 0.3) is 0 Å². The van der Waals surface area contributed by atoms with E-state index in [2.05, 4.69) is 25.2 Å². The maximum Gasteiger partial charge on any atom is 0.0771 e. The molecule has 1 aliphatic rings. The van der Waals surface area contributed by atoms with Crippen LogP contribution in [-0.2, 0) is 6.54 Å². The molecule has 0 atom stereocenters. The molecule has 19 heavy (non-hydrogen) atoms. The van der Waals surface area contributed by atoms with Gasteiger partial charge in [-0.05, 0) is 61.8 Å². The van der Waals surface area contributed by atoms with Crippen LogP contribution < -0.4 is 5.32 Å². The van der Waals surface area contributed by atoms with E-state index in [1.54, 1.807) is 0 Å². The van der Waals surface area contributed by atoms with E-state index in [1.165, 1.54) is 11.1 Å². The summed E-state index contributed by atoms with van der Waals surface area (Å²) < 4.78 is 0. The Kier molecular flexibility index (Phi) is 4.88. The number of benzene rings is 1. The SMILES string of the molecule is Cc1cc(Cl)ccc1CNCC1(O)CCC(C)CC1. The smallest absolute Gasteiger partial charge is 0.0771 e. The molecule has 0 aliphatic heterocycles. The number of hydrogen-bond acceptors (Lipinski definition) is 2. The standard InChI is InChI=1S/C16H24ClNO/c1-12-5-7-16(19,8-6-12)11-18-10-14-3-4-15(17)9-13(14)2/h3-4,9,12,18-19H,5-8,10-11H2,1-2H3. The molecule has 2 rings (SSSR count). The van der Waals surface area contributed by atoms with Crippen LogP contribution in [0.15, 0.2) is 18.2 Å². The monoisotopic (exact) mass is 281 g/mol. The van der Waals surface area contributed by atoms with E-state index in [-0.39, 0.29) is 0 Å². The van der Waals surface area contributed by atoms with Gasteiger partial charge in [-0.1, -0.05) is 24.6 Å². The zero-order valence-electron chi connectivity index (χ0n) is 11.9. The summed E-state index contributed by atoms with van der Waals surface area (Å²) in [5.41, 5.74) is 1.94. The summed E-state index contributed by atoms with van der Waals surface area (Å²) in [4.78, 5) is 0. The number of aliphatic hydroxyl groups is 1. The molecule has 0 heterocycles. The van der Waals surface area contributed by atoms with Crippen LogP contribution in [0.1, 0.15) is 43.7 Å². The van der Waals surface area contributed by atoms with Crippen molar-refractivity contribution in [2.24, 2.45) is 5.92 Å². The van der Waals surface area contributed by atoms with Gasteiger partial charge in [0.1, 0.15) is 0 Å². The molecule has 0 amide bonds. The summed E-state index contributed by atoms with van der Waals surface area (Å²) in [6, 6.07) is 5.95. The molecule has 2 nitrogen and oxygen atoms in total. The molecule has 0 spiro atoms. The Labute approximate surface area is 121 Å². The van der Waals surface area contributed by atoms with Crippen molar-refractivity contribution in [2.75, 3.05) is 6.54 Å². The minimum Gasteiger partial charge on any atom is -0.389 e. The van der Waals surface area contributed by atoms with Crippen molar-refractivity contribution in [1.29, 1.82) is 0 Å². The van der Waals surface area contributed by atoms with E-state index in [4.69, 9.17) is 11.6 Å². The average molecular weight is 282 g/mol. The normalized spacial score (nSPS) is 27.5. The van der Waals surface area contributed by atoms with Crippen LogP contribution in [-0.4, -0.2) is 17.3 Å². The predicted molar refractivity (Wildman–Crippen MR) is 80.5 cm³/mol. The van der Waals surface area contributed by atoms with Gasteiger partial charge in [0.25, 0.3) is 0 Å². The van der Waals surface area contributed by atoms with Crippen LogP contribution in [0, 0.1) is 12.8 Å². The third-order valence-electron chi connectivity index (χ3n) is 4.28. The minimum absolute atomic E-state index is 0.507. The van der Waals surface area contributed by atoms with Gasteiger partial charge in [-0.3, -0.25) is 0 Å². The molecular formula is C16H24ClNO. The summed E-state index contributed by atoms with van der Waals surface area (Å²) >= 11 is 5.95. The number of halogens is 1. The summed E-state index contributed by atoms with van der Waals surface area (Å²) in [5, 5.41) is 14.7. The van der Waals surface area contributed by atoms with E-state index in [0.717, 1.165) is 43.2 Å². The fourth-order valence-corrected chi connectivity index (χ4v) is 2.99. The van der Waals surface area contributed by atoms with Gasteiger partial charge in [0, 0.05) is 18.1 Å². The van der Waals surface area contributed by atoms with E-state index >= 15 is 0 Å². The fraction of sp³-hybridized carbons (Fsp3) is 0.625. The van der Waals surface area contributed by atoms with Gasteiger partial charge < -0.3 is 10.4 Å². The molecule has 0 saturated heterocycles. The lowest BCUT2D eigenvalue weighted by atomic mass is 9.79. The molecule has 1 aromatic rings. The zero-order chi connectivity index (χ0) is 13.9. The second kappa shape index (κ2) is 6.25. The molecule has 106 valence electrons. The van der Waals surface area contributed by atoms with Gasteiger partial charge in [0.05, 0.1) is 5.60 Å². The summed E-state index contributed by atoms with van der Waals surface area (Å²) in [6.07, 6.45) is 4.11. The largest absolute Gasteiger partial charge is 0.389 e. The molecule has 1 saturated carbocycles. The van der Waals surface area contributed by atoms with Crippen molar-refractivity contribution in [3.8, 4) is 0 Å². The van der Waals surface area contributed by atoms with Crippen molar-refractivity contribution in [3.63, 3.8) is 0 Å². The van der Waals surface area contributed by atoms with Crippen LogP contribution in [0.5, 0.6) is 0 Å². The van der Waals surface area contributed by atoms with Crippen molar-refractivity contribution < 1.29 is 5.11 Å². The number of hydrogen-bond donors (Lipinski definition) is 2. The van der Waals surface area contributed by atoms with Crippen LogP contribution in [0.4, 0.5) is 0 Å². The van der Waals surface area contributed by atoms with Gasteiger partial charge in [-0.2, -0.15) is 0 Å². The number of nitrogens with one attached hydrogen (secondary N) is 1. The van der Waals surface area contributed by atoms with Crippen LogP contribution in [0.2, 0.25) is 5.02 Å².